The quantitative estimate of drug-likeness (QED) is 0.866. The van der Waals surface area contributed by atoms with Crippen LogP contribution in [0.25, 0.3) is 0 Å². The van der Waals surface area contributed by atoms with Crippen molar-refractivity contribution in [1.29, 1.82) is 0 Å². The first-order valence-corrected chi connectivity index (χ1v) is 8.66. The van der Waals surface area contributed by atoms with Crippen molar-refractivity contribution in [3.05, 3.63) is 29.3 Å². The van der Waals surface area contributed by atoms with Gasteiger partial charge in [-0.15, -0.1) is 0 Å². The molecule has 0 radical (unpaired) electrons. The van der Waals surface area contributed by atoms with Gasteiger partial charge in [-0.3, -0.25) is 0 Å². The van der Waals surface area contributed by atoms with Crippen molar-refractivity contribution in [2.24, 2.45) is 0 Å². The van der Waals surface area contributed by atoms with Crippen LogP contribution in [-0.2, 0) is 21.3 Å². The summed E-state index contributed by atoms with van der Waals surface area (Å²) in [6, 6.07) is 5.23. The maximum atomic E-state index is 12.6. The molecule has 5 nitrogen and oxygen atoms in total. The number of hydrogen-bond donors (Lipinski definition) is 2. The van der Waals surface area contributed by atoms with Crippen LogP contribution in [0.15, 0.2) is 23.1 Å². The highest BCUT2D eigenvalue weighted by molar-refractivity contribution is 7.89. The molecule has 1 aliphatic heterocycles. The van der Waals surface area contributed by atoms with Crippen molar-refractivity contribution in [2.75, 3.05) is 13.7 Å². The SMILES string of the molecule is CNCc1cc(S(=O)(=O)NC2(C)CCOC2C)ccc1C. The highest BCUT2D eigenvalue weighted by atomic mass is 32.2. The fourth-order valence-electron chi connectivity index (χ4n) is 2.53. The van der Waals surface area contributed by atoms with Gasteiger partial charge in [-0.25, -0.2) is 13.1 Å². The molecule has 118 valence electrons. The summed E-state index contributed by atoms with van der Waals surface area (Å²) < 4.78 is 33.5. The Morgan fingerprint density at radius 1 is 1.43 bits per heavy atom. The summed E-state index contributed by atoms with van der Waals surface area (Å²) in [4.78, 5) is 0.304. The van der Waals surface area contributed by atoms with Gasteiger partial charge in [-0.2, -0.15) is 0 Å². The van der Waals surface area contributed by atoms with E-state index in [4.69, 9.17) is 4.74 Å². The number of aryl methyl sites for hydroxylation is 1. The molecule has 1 aliphatic rings. The topological polar surface area (TPSA) is 67.4 Å². The van der Waals surface area contributed by atoms with Gasteiger partial charge in [-0.05, 0) is 57.5 Å². The fourth-order valence-corrected chi connectivity index (χ4v) is 4.08. The molecule has 2 N–H and O–H groups in total. The van der Waals surface area contributed by atoms with E-state index in [2.05, 4.69) is 10.0 Å². The molecule has 1 heterocycles. The van der Waals surface area contributed by atoms with Gasteiger partial charge >= 0.3 is 0 Å². The average Bonchev–Trinajstić information content (AvgIpc) is 2.71. The van der Waals surface area contributed by atoms with Crippen LogP contribution in [0.4, 0.5) is 0 Å². The second-order valence-corrected chi connectivity index (χ2v) is 7.59. The van der Waals surface area contributed by atoms with Crippen LogP contribution in [0, 0.1) is 6.92 Å². The van der Waals surface area contributed by atoms with Gasteiger partial charge in [0, 0.05) is 13.2 Å². The van der Waals surface area contributed by atoms with E-state index in [9.17, 15) is 8.42 Å². The number of nitrogens with one attached hydrogen (secondary N) is 2. The van der Waals surface area contributed by atoms with Crippen LogP contribution in [0.3, 0.4) is 0 Å². The monoisotopic (exact) mass is 312 g/mol. The van der Waals surface area contributed by atoms with Gasteiger partial charge in [0.05, 0.1) is 16.5 Å². The van der Waals surface area contributed by atoms with Gasteiger partial charge in [0.1, 0.15) is 0 Å². The lowest BCUT2D eigenvalue weighted by atomic mass is 9.97. The normalized spacial score (nSPS) is 26.2. The molecule has 0 aliphatic carbocycles. The first-order chi connectivity index (χ1) is 9.78. The Hall–Kier alpha value is -0.950. The number of benzene rings is 1. The number of sulfonamides is 1. The maximum absolute atomic E-state index is 12.6. The summed E-state index contributed by atoms with van der Waals surface area (Å²) >= 11 is 0. The lowest BCUT2D eigenvalue weighted by molar-refractivity contribution is 0.0957. The van der Waals surface area contributed by atoms with Crippen LogP contribution in [0.2, 0.25) is 0 Å². The van der Waals surface area contributed by atoms with Gasteiger partial charge < -0.3 is 10.1 Å². The zero-order valence-corrected chi connectivity index (χ0v) is 13.9. The highest BCUT2D eigenvalue weighted by Gasteiger charge is 2.40. The van der Waals surface area contributed by atoms with Gasteiger partial charge in [-0.1, -0.05) is 6.07 Å². The molecule has 2 rings (SSSR count). The van der Waals surface area contributed by atoms with E-state index >= 15 is 0 Å². The number of ether oxygens (including phenoxy) is 1. The Labute approximate surface area is 127 Å². The van der Waals surface area contributed by atoms with Crippen LogP contribution >= 0.6 is 0 Å². The smallest absolute Gasteiger partial charge is 0.241 e. The maximum Gasteiger partial charge on any atom is 0.241 e. The van der Waals surface area contributed by atoms with Gasteiger partial charge in [0.25, 0.3) is 0 Å². The van der Waals surface area contributed by atoms with E-state index in [0.29, 0.717) is 24.5 Å². The Kier molecular flexibility index (Phi) is 4.72. The first-order valence-electron chi connectivity index (χ1n) is 7.18. The molecule has 2 atom stereocenters. The molecule has 1 aromatic rings. The van der Waals surface area contributed by atoms with Crippen LogP contribution in [-0.4, -0.2) is 33.7 Å². The Morgan fingerprint density at radius 2 is 2.14 bits per heavy atom. The summed E-state index contributed by atoms with van der Waals surface area (Å²) in [6.45, 7) is 7.00. The molecule has 1 aromatic carbocycles. The molecular formula is C15H24N2O3S. The molecule has 2 unspecified atom stereocenters. The second kappa shape index (κ2) is 6.04. The lowest BCUT2D eigenvalue weighted by Gasteiger charge is -2.28. The van der Waals surface area contributed by atoms with E-state index < -0.39 is 15.6 Å². The molecule has 6 heteroatoms. The van der Waals surface area contributed by atoms with Crippen molar-refractivity contribution < 1.29 is 13.2 Å². The molecule has 0 spiro atoms. The standard InChI is InChI=1S/C15H24N2O3S/c1-11-5-6-14(9-13(11)10-16-4)21(18,19)17-15(3)7-8-20-12(15)2/h5-6,9,12,16-17H,7-8,10H2,1-4H3. The predicted octanol–water partition coefficient (Wildman–Crippen LogP) is 1.56. The Morgan fingerprint density at radius 3 is 2.71 bits per heavy atom. The minimum Gasteiger partial charge on any atom is -0.376 e. The molecule has 0 bridgehead atoms. The third-order valence-electron chi connectivity index (χ3n) is 4.25. The Balaban J connectivity index is 2.29. The average molecular weight is 312 g/mol. The van der Waals surface area contributed by atoms with Crippen molar-refractivity contribution in [1.82, 2.24) is 10.0 Å². The third kappa shape index (κ3) is 3.45. The summed E-state index contributed by atoms with van der Waals surface area (Å²) in [5.41, 5.74) is 1.51. The number of hydrogen-bond acceptors (Lipinski definition) is 4. The summed E-state index contributed by atoms with van der Waals surface area (Å²) in [5.74, 6) is 0. The summed E-state index contributed by atoms with van der Waals surface area (Å²) in [5, 5.41) is 3.06. The molecule has 1 fully saturated rings. The van der Waals surface area contributed by atoms with E-state index in [1.165, 1.54) is 0 Å². The van der Waals surface area contributed by atoms with E-state index in [1.807, 2.05) is 33.9 Å². The highest BCUT2D eigenvalue weighted by Crippen LogP contribution is 2.27. The molecule has 21 heavy (non-hydrogen) atoms. The van der Waals surface area contributed by atoms with Crippen LogP contribution in [0.5, 0.6) is 0 Å². The lowest BCUT2D eigenvalue weighted by Crippen LogP contribution is -2.50. The second-order valence-electron chi connectivity index (χ2n) is 5.90. The van der Waals surface area contributed by atoms with E-state index in [1.54, 1.807) is 12.1 Å². The van der Waals surface area contributed by atoms with Gasteiger partial charge in [0.2, 0.25) is 10.0 Å². The van der Waals surface area contributed by atoms with E-state index in [-0.39, 0.29) is 6.10 Å². The minimum absolute atomic E-state index is 0.130. The molecule has 0 aromatic heterocycles. The number of rotatable bonds is 5. The molecule has 0 amide bonds. The zero-order chi connectivity index (χ0) is 15.7. The zero-order valence-electron chi connectivity index (χ0n) is 13.1. The first kappa shape index (κ1) is 16.4. The van der Waals surface area contributed by atoms with Crippen LogP contribution < -0.4 is 10.0 Å². The van der Waals surface area contributed by atoms with Crippen molar-refractivity contribution in [3.63, 3.8) is 0 Å². The summed E-state index contributed by atoms with van der Waals surface area (Å²) in [6.07, 6.45) is 0.553. The molecule has 0 saturated carbocycles. The predicted molar refractivity (Wildman–Crippen MR) is 82.7 cm³/mol. The Bertz CT molecular complexity index is 615. The van der Waals surface area contributed by atoms with Crippen molar-refractivity contribution in [3.8, 4) is 0 Å². The van der Waals surface area contributed by atoms with E-state index in [0.717, 1.165) is 11.1 Å². The largest absolute Gasteiger partial charge is 0.376 e. The fraction of sp³-hybridized carbons (Fsp3) is 0.600. The summed E-state index contributed by atoms with van der Waals surface area (Å²) in [7, 11) is -1.71. The molecule has 1 saturated heterocycles. The third-order valence-corrected chi connectivity index (χ3v) is 5.86. The molecular weight excluding hydrogens is 288 g/mol. The van der Waals surface area contributed by atoms with Gasteiger partial charge in [0.15, 0.2) is 0 Å². The van der Waals surface area contributed by atoms with Crippen LogP contribution in [0.1, 0.15) is 31.4 Å². The van der Waals surface area contributed by atoms with Crippen molar-refractivity contribution in [2.45, 2.75) is 50.3 Å². The minimum atomic E-state index is -3.55. The van der Waals surface area contributed by atoms with Crippen molar-refractivity contribution >= 4 is 10.0 Å².